The Hall–Kier alpha value is -2.92. The Morgan fingerprint density at radius 1 is 1.03 bits per heavy atom. The molecular weight excluding hydrogens is 513 g/mol. The van der Waals surface area contributed by atoms with Gasteiger partial charge in [-0.1, -0.05) is 54.3 Å². The Labute approximate surface area is 207 Å². The molecule has 2 heterocycles. The van der Waals surface area contributed by atoms with Gasteiger partial charge in [-0.2, -0.15) is 18.3 Å². The highest BCUT2D eigenvalue weighted by molar-refractivity contribution is 6.33. The van der Waals surface area contributed by atoms with E-state index in [4.69, 9.17) is 27.7 Å². The van der Waals surface area contributed by atoms with Crippen molar-refractivity contribution >= 4 is 23.2 Å². The molecule has 0 aliphatic carbocycles. The van der Waals surface area contributed by atoms with Crippen molar-refractivity contribution in [2.45, 2.75) is 32.7 Å². The van der Waals surface area contributed by atoms with Crippen LogP contribution >= 0.6 is 23.2 Å². The summed E-state index contributed by atoms with van der Waals surface area (Å²) in [6, 6.07) is 9.18. The number of hydrogen-bond acceptors (Lipinski definition) is 5. The van der Waals surface area contributed by atoms with Crippen LogP contribution in [-0.2, 0) is 12.0 Å². The highest BCUT2D eigenvalue weighted by Gasteiger charge is 2.43. The first-order chi connectivity index (χ1) is 16.4. The van der Waals surface area contributed by atoms with E-state index in [-0.39, 0.29) is 21.3 Å². The fourth-order valence-electron chi connectivity index (χ4n) is 3.40. The smallest absolute Gasteiger partial charge is 0.362 e. The van der Waals surface area contributed by atoms with Crippen molar-refractivity contribution in [3.8, 4) is 28.3 Å². The Morgan fingerprint density at radius 2 is 1.69 bits per heavy atom. The second-order valence-electron chi connectivity index (χ2n) is 7.15. The SMILES string of the molecule is CC.CC(O)(O)c1c(-c2c(F)cccc2Cl)noc1-c1cnn(-c2cccc(Cl)c2)c1C(F)(F)F. The molecule has 4 rings (SSSR count). The minimum absolute atomic E-state index is 0.00438. The Kier molecular flexibility index (Phi) is 7.61. The molecule has 0 atom stereocenters. The summed E-state index contributed by atoms with van der Waals surface area (Å²) in [5.41, 5.74) is -3.41. The molecule has 0 amide bonds. The molecule has 186 valence electrons. The molecule has 0 saturated carbocycles. The number of hydrogen-bond donors (Lipinski definition) is 2. The van der Waals surface area contributed by atoms with E-state index < -0.39 is 46.1 Å². The highest BCUT2D eigenvalue weighted by atomic mass is 35.5. The van der Waals surface area contributed by atoms with Gasteiger partial charge in [0.2, 0.25) is 0 Å². The average Bonchev–Trinajstić information content (AvgIpc) is 3.39. The summed E-state index contributed by atoms with van der Waals surface area (Å²) in [4.78, 5) is 0. The van der Waals surface area contributed by atoms with Crippen LogP contribution in [0.1, 0.15) is 32.0 Å². The predicted octanol–water partition coefficient (Wildman–Crippen LogP) is 6.84. The topological polar surface area (TPSA) is 84.3 Å². The van der Waals surface area contributed by atoms with Crippen molar-refractivity contribution in [3.63, 3.8) is 0 Å². The first-order valence-corrected chi connectivity index (χ1v) is 11.0. The number of aliphatic hydroxyl groups is 2. The Balaban J connectivity index is 0.00000167. The average molecular weight is 532 g/mol. The lowest BCUT2D eigenvalue weighted by Gasteiger charge is -2.18. The van der Waals surface area contributed by atoms with Gasteiger partial charge in [0.15, 0.2) is 17.2 Å². The van der Waals surface area contributed by atoms with E-state index in [1.807, 2.05) is 13.8 Å². The maximum Gasteiger partial charge on any atom is 0.434 e. The lowest BCUT2D eigenvalue weighted by Crippen LogP contribution is -2.22. The van der Waals surface area contributed by atoms with Gasteiger partial charge < -0.3 is 14.7 Å². The normalized spacial score (nSPS) is 11.9. The van der Waals surface area contributed by atoms with E-state index in [1.165, 1.54) is 36.4 Å². The lowest BCUT2D eigenvalue weighted by atomic mass is 9.96. The Bertz CT molecular complexity index is 1320. The molecule has 35 heavy (non-hydrogen) atoms. The zero-order valence-corrected chi connectivity index (χ0v) is 20.0. The summed E-state index contributed by atoms with van der Waals surface area (Å²) in [7, 11) is 0. The molecule has 6 nitrogen and oxygen atoms in total. The van der Waals surface area contributed by atoms with Gasteiger partial charge in [-0.3, -0.25) is 0 Å². The van der Waals surface area contributed by atoms with Crippen molar-refractivity contribution in [2.75, 3.05) is 0 Å². The quantitative estimate of drug-likeness (QED) is 0.222. The van der Waals surface area contributed by atoms with Crippen LogP contribution in [0.4, 0.5) is 17.6 Å². The second-order valence-corrected chi connectivity index (χ2v) is 7.99. The van der Waals surface area contributed by atoms with Gasteiger partial charge in [0.05, 0.1) is 33.6 Å². The maximum absolute atomic E-state index is 14.5. The zero-order chi connectivity index (χ0) is 26.1. The van der Waals surface area contributed by atoms with Gasteiger partial charge in [-0.15, -0.1) is 0 Å². The minimum Gasteiger partial charge on any atom is -0.362 e. The van der Waals surface area contributed by atoms with E-state index in [1.54, 1.807) is 0 Å². The predicted molar refractivity (Wildman–Crippen MR) is 123 cm³/mol. The van der Waals surface area contributed by atoms with E-state index in [9.17, 15) is 27.8 Å². The van der Waals surface area contributed by atoms with E-state index in [0.717, 1.165) is 19.2 Å². The molecule has 0 aliphatic rings. The van der Waals surface area contributed by atoms with Crippen molar-refractivity contribution in [1.29, 1.82) is 0 Å². The summed E-state index contributed by atoms with van der Waals surface area (Å²) in [6.07, 6.45) is -4.14. The van der Waals surface area contributed by atoms with Crippen molar-refractivity contribution in [3.05, 3.63) is 75.8 Å². The van der Waals surface area contributed by atoms with E-state index >= 15 is 0 Å². The zero-order valence-electron chi connectivity index (χ0n) is 18.5. The molecule has 2 N–H and O–H groups in total. The second kappa shape index (κ2) is 9.98. The number of rotatable bonds is 4. The summed E-state index contributed by atoms with van der Waals surface area (Å²) < 4.78 is 62.6. The van der Waals surface area contributed by atoms with Crippen LogP contribution in [0.15, 0.2) is 53.2 Å². The number of halogens is 6. The third-order valence-corrected chi connectivity index (χ3v) is 5.25. The molecule has 0 unspecified atom stereocenters. The monoisotopic (exact) mass is 531 g/mol. The van der Waals surface area contributed by atoms with Crippen LogP contribution in [0.25, 0.3) is 28.3 Å². The van der Waals surface area contributed by atoms with Gasteiger partial charge in [-0.25, -0.2) is 9.07 Å². The fraction of sp³-hybridized carbons (Fsp3) is 0.217. The highest BCUT2D eigenvalue weighted by Crippen LogP contribution is 2.45. The molecule has 0 bridgehead atoms. The number of aromatic nitrogens is 3. The molecule has 4 aromatic rings. The first-order valence-electron chi connectivity index (χ1n) is 10.2. The molecule has 0 saturated heterocycles. The van der Waals surface area contributed by atoms with Crippen LogP contribution in [-0.4, -0.2) is 25.2 Å². The van der Waals surface area contributed by atoms with Crippen LogP contribution in [0.5, 0.6) is 0 Å². The van der Waals surface area contributed by atoms with Crippen molar-refractivity contribution in [2.24, 2.45) is 0 Å². The molecule has 12 heteroatoms. The van der Waals surface area contributed by atoms with Gasteiger partial charge in [0.1, 0.15) is 11.5 Å². The molecular formula is C23H19Cl2F4N3O3. The van der Waals surface area contributed by atoms with Gasteiger partial charge in [0.25, 0.3) is 0 Å². The molecule has 0 spiro atoms. The lowest BCUT2D eigenvalue weighted by molar-refractivity contribution is -0.152. The number of alkyl halides is 3. The standard InChI is InChI=1S/C21H13Cl2F4N3O3.C2H6/c1-20(31,32)16-17(15-13(23)6-3-7-14(15)24)29-33-18(16)12-9-28-30(19(12)21(25,26)27)11-5-2-4-10(22)8-11;1-2/h2-9,31-32H,1H3;1-2H3. The van der Waals surface area contributed by atoms with Gasteiger partial charge in [-0.05, 0) is 37.3 Å². The third kappa shape index (κ3) is 5.20. The van der Waals surface area contributed by atoms with E-state index in [2.05, 4.69) is 10.3 Å². The molecule has 0 radical (unpaired) electrons. The third-order valence-electron chi connectivity index (χ3n) is 4.70. The van der Waals surface area contributed by atoms with Crippen LogP contribution in [0.2, 0.25) is 10.0 Å². The van der Waals surface area contributed by atoms with Crippen LogP contribution in [0.3, 0.4) is 0 Å². The fourth-order valence-corrected chi connectivity index (χ4v) is 3.84. The van der Waals surface area contributed by atoms with Gasteiger partial charge in [0, 0.05) is 5.02 Å². The molecule has 2 aromatic heterocycles. The molecule has 0 fully saturated rings. The van der Waals surface area contributed by atoms with Crippen LogP contribution in [0, 0.1) is 5.82 Å². The van der Waals surface area contributed by atoms with Crippen LogP contribution < -0.4 is 0 Å². The van der Waals surface area contributed by atoms with Crippen molar-refractivity contribution in [1.82, 2.24) is 14.9 Å². The summed E-state index contributed by atoms with van der Waals surface area (Å²) in [6.45, 7) is 4.87. The molecule has 2 aromatic carbocycles. The number of benzene rings is 2. The summed E-state index contributed by atoms with van der Waals surface area (Å²) >= 11 is 12.0. The summed E-state index contributed by atoms with van der Waals surface area (Å²) in [5.74, 6) is -4.34. The molecule has 0 aliphatic heterocycles. The first kappa shape index (κ1) is 26.7. The maximum atomic E-state index is 14.5. The van der Waals surface area contributed by atoms with Gasteiger partial charge >= 0.3 is 6.18 Å². The van der Waals surface area contributed by atoms with E-state index in [0.29, 0.717) is 4.68 Å². The largest absolute Gasteiger partial charge is 0.434 e. The minimum atomic E-state index is -4.96. The number of nitrogens with zero attached hydrogens (tertiary/aromatic N) is 3. The van der Waals surface area contributed by atoms with Crippen molar-refractivity contribution < 1.29 is 32.3 Å². The Morgan fingerprint density at radius 3 is 2.26 bits per heavy atom. The summed E-state index contributed by atoms with van der Waals surface area (Å²) in [5, 5.41) is 28.2.